The number of halogens is 2. The SMILES string of the molecule is CCc1ccc2[cH-]c(C(C)C)cc2c1-c1ccccc1C(C)C.[Cl][Zr][Cl]. The standard InChI is InChI=1S/C23H27.2ClH.Zr/c1-6-17-11-12-18-13-19(15(2)3)14-22(18)23(17)21-10-8-7-9-20(21)16(4)5;;;/h7-16H,6H2,1-5H3;2*1H;/q-1;;;+2/p-2. The molecule has 3 aromatic carbocycles. The molecule has 0 aliphatic heterocycles. The van der Waals surface area contributed by atoms with Gasteiger partial charge in [-0.1, -0.05) is 70.0 Å². The van der Waals surface area contributed by atoms with Gasteiger partial charge in [0.15, 0.2) is 0 Å². The van der Waals surface area contributed by atoms with Crippen molar-refractivity contribution in [3.63, 3.8) is 0 Å². The van der Waals surface area contributed by atoms with Crippen molar-refractivity contribution < 1.29 is 20.8 Å². The van der Waals surface area contributed by atoms with Gasteiger partial charge in [-0.25, -0.2) is 0 Å². The zero-order chi connectivity index (χ0) is 19.3. The Morgan fingerprint density at radius 2 is 1.62 bits per heavy atom. The van der Waals surface area contributed by atoms with Gasteiger partial charge < -0.3 is 0 Å². The Hall–Kier alpha value is -0.487. The van der Waals surface area contributed by atoms with Gasteiger partial charge in [-0.3, -0.25) is 0 Å². The van der Waals surface area contributed by atoms with Crippen LogP contribution in [0.1, 0.15) is 63.1 Å². The Labute approximate surface area is 176 Å². The van der Waals surface area contributed by atoms with Crippen LogP contribution in [0.2, 0.25) is 0 Å². The summed E-state index contributed by atoms with van der Waals surface area (Å²) in [5.74, 6) is 1.10. The maximum absolute atomic E-state index is 4.93. The van der Waals surface area contributed by atoms with Crippen LogP contribution in [-0.4, -0.2) is 0 Å². The maximum atomic E-state index is 4.93. The second-order valence-corrected chi connectivity index (χ2v) is 10.9. The molecular formula is C23H27Cl2Zr-. The summed E-state index contributed by atoms with van der Waals surface area (Å²) in [5.41, 5.74) is 7.19. The van der Waals surface area contributed by atoms with Crippen LogP contribution < -0.4 is 0 Å². The Morgan fingerprint density at radius 1 is 0.962 bits per heavy atom. The van der Waals surface area contributed by atoms with Crippen LogP contribution >= 0.6 is 17.0 Å². The van der Waals surface area contributed by atoms with Gasteiger partial charge in [0.05, 0.1) is 0 Å². The Kier molecular flexibility index (Phi) is 8.53. The number of rotatable bonds is 4. The third kappa shape index (κ3) is 4.86. The van der Waals surface area contributed by atoms with Gasteiger partial charge >= 0.3 is 37.9 Å². The predicted octanol–water partition coefficient (Wildman–Crippen LogP) is 8.41. The van der Waals surface area contributed by atoms with Gasteiger partial charge in [-0.05, 0) is 29.4 Å². The first-order valence-electron chi connectivity index (χ1n) is 9.22. The van der Waals surface area contributed by atoms with E-state index in [9.17, 15) is 0 Å². The predicted molar refractivity (Wildman–Crippen MR) is 114 cm³/mol. The summed E-state index contributed by atoms with van der Waals surface area (Å²) in [4.78, 5) is 0. The summed E-state index contributed by atoms with van der Waals surface area (Å²) < 4.78 is 0. The van der Waals surface area contributed by atoms with Crippen LogP contribution in [0, 0.1) is 0 Å². The molecule has 0 nitrogen and oxygen atoms in total. The number of benzene rings is 2. The minimum atomic E-state index is -0.826. The van der Waals surface area contributed by atoms with Crippen molar-refractivity contribution in [3.05, 3.63) is 65.2 Å². The van der Waals surface area contributed by atoms with Gasteiger partial charge in [0.2, 0.25) is 0 Å². The first-order valence-corrected chi connectivity index (χ1v) is 15.5. The van der Waals surface area contributed by atoms with E-state index >= 15 is 0 Å². The van der Waals surface area contributed by atoms with Crippen LogP contribution in [-0.2, 0) is 27.3 Å². The molecule has 0 radical (unpaired) electrons. The van der Waals surface area contributed by atoms with Crippen LogP contribution in [0.3, 0.4) is 0 Å². The summed E-state index contributed by atoms with van der Waals surface area (Å²) >= 11 is -0.826. The Morgan fingerprint density at radius 3 is 2.19 bits per heavy atom. The molecule has 0 aliphatic carbocycles. The molecule has 0 atom stereocenters. The Bertz CT molecular complexity index is 847. The first-order chi connectivity index (χ1) is 12.4. The van der Waals surface area contributed by atoms with E-state index in [4.69, 9.17) is 17.0 Å². The second kappa shape index (κ2) is 10.2. The van der Waals surface area contributed by atoms with Crippen molar-refractivity contribution in [3.8, 4) is 11.1 Å². The van der Waals surface area contributed by atoms with Crippen molar-refractivity contribution in [2.75, 3.05) is 0 Å². The van der Waals surface area contributed by atoms with E-state index in [1.54, 1.807) is 0 Å². The van der Waals surface area contributed by atoms with Crippen LogP contribution in [0.25, 0.3) is 21.9 Å². The molecule has 0 amide bonds. The molecule has 3 heteroatoms. The molecule has 0 N–H and O–H groups in total. The topological polar surface area (TPSA) is 0 Å². The summed E-state index contributed by atoms with van der Waals surface area (Å²) in [6, 6.07) is 18.3. The van der Waals surface area contributed by atoms with Gasteiger partial charge in [-0.2, -0.15) is 6.07 Å². The van der Waals surface area contributed by atoms with E-state index in [1.165, 1.54) is 38.6 Å². The van der Waals surface area contributed by atoms with E-state index in [1.807, 2.05) is 0 Å². The number of hydrogen-bond donors (Lipinski definition) is 0. The normalized spacial score (nSPS) is 11.0. The fourth-order valence-electron chi connectivity index (χ4n) is 3.52. The number of fused-ring (bicyclic) bond motifs is 1. The summed E-state index contributed by atoms with van der Waals surface area (Å²) in [7, 11) is 9.87. The van der Waals surface area contributed by atoms with Gasteiger partial charge in [0, 0.05) is 0 Å². The Balaban J connectivity index is 0.000000758. The fraction of sp³-hybridized carbons (Fsp3) is 0.348. The van der Waals surface area contributed by atoms with E-state index in [0.29, 0.717) is 11.8 Å². The van der Waals surface area contributed by atoms with Crippen molar-refractivity contribution in [1.29, 1.82) is 0 Å². The molecule has 0 saturated carbocycles. The van der Waals surface area contributed by atoms with Gasteiger partial charge in [-0.15, -0.1) is 34.5 Å². The molecule has 3 rings (SSSR count). The van der Waals surface area contributed by atoms with Gasteiger partial charge in [0.1, 0.15) is 0 Å². The summed E-state index contributed by atoms with van der Waals surface area (Å²) in [6.45, 7) is 11.4. The molecule has 0 bridgehead atoms. The third-order valence-electron chi connectivity index (χ3n) is 4.90. The second-order valence-electron chi connectivity index (χ2n) is 7.21. The molecule has 0 saturated heterocycles. The molecule has 138 valence electrons. The number of aryl methyl sites for hydroxylation is 1. The molecule has 0 unspecified atom stereocenters. The molecule has 0 aliphatic rings. The van der Waals surface area contributed by atoms with Gasteiger partial charge in [0.25, 0.3) is 0 Å². The molecular weight excluding hydrogens is 438 g/mol. The van der Waals surface area contributed by atoms with Crippen molar-refractivity contribution >= 4 is 27.8 Å². The van der Waals surface area contributed by atoms with Crippen LogP contribution in [0.4, 0.5) is 0 Å². The van der Waals surface area contributed by atoms with E-state index in [-0.39, 0.29) is 0 Å². The molecule has 0 fully saturated rings. The third-order valence-corrected chi connectivity index (χ3v) is 4.90. The van der Waals surface area contributed by atoms with Crippen molar-refractivity contribution in [1.82, 2.24) is 0 Å². The zero-order valence-corrected chi connectivity index (χ0v) is 20.2. The first kappa shape index (κ1) is 21.8. The summed E-state index contributed by atoms with van der Waals surface area (Å²) in [5, 5.41) is 2.79. The zero-order valence-electron chi connectivity index (χ0n) is 16.2. The van der Waals surface area contributed by atoms with Crippen LogP contribution in [0.5, 0.6) is 0 Å². The average Bonchev–Trinajstić information content (AvgIpc) is 3.06. The fourth-order valence-corrected chi connectivity index (χ4v) is 3.52. The monoisotopic (exact) mass is 463 g/mol. The van der Waals surface area contributed by atoms with E-state index < -0.39 is 20.8 Å². The molecule has 0 aromatic heterocycles. The molecule has 0 spiro atoms. The average molecular weight is 466 g/mol. The van der Waals surface area contributed by atoms with Crippen molar-refractivity contribution in [2.24, 2.45) is 0 Å². The van der Waals surface area contributed by atoms with Crippen molar-refractivity contribution in [2.45, 2.75) is 52.9 Å². The summed E-state index contributed by atoms with van der Waals surface area (Å²) in [6.07, 6.45) is 1.07. The van der Waals surface area contributed by atoms with E-state index in [2.05, 4.69) is 83.1 Å². The molecule has 0 heterocycles. The van der Waals surface area contributed by atoms with Crippen LogP contribution in [0.15, 0.2) is 48.5 Å². The molecule has 3 aromatic rings. The quantitative estimate of drug-likeness (QED) is 0.339. The number of hydrogen-bond acceptors (Lipinski definition) is 0. The van der Waals surface area contributed by atoms with E-state index in [0.717, 1.165) is 6.42 Å². The minimum absolute atomic E-state index is 0.533. The molecule has 26 heavy (non-hydrogen) atoms.